The van der Waals surface area contributed by atoms with Gasteiger partial charge in [-0.05, 0) is 17.7 Å². The van der Waals surface area contributed by atoms with Crippen LogP contribution in [0.5, 0.6) is 11.5 Å². The molecular formula is C16H15NO4. The molecule has 2 unspecified atom stereocenters. The second kappa shape index (κ2) is 5.46. The summed E-state index contributed by atoms with van der Waals surface area (Å²) < 4.78 is 5.49. The maximum absolute atomic E-state index is 11.5. The molecule has 0 saturated carbocycles. The number of carboxylic acids is 1. The number of carbonyl (C=O) groups is 1. The quantitative estimate of drug-likeness (QED) is 0.803. The van der Waals surface area contributed by atoms with Crippen LogP contribution in [0, 0.1) is 0 Å². The summed E-state index contributed by atoms with van der Waals surface area (Å²) in [6.45, 7) is 0.343. The van der Waals surface area contributed by atoms with Crippen molar-refractivity contribution in [2.24, 2.45) is 0 Å². The highest BCUT2D eigenvalue weighted by Gasteiger charge is 2.30. The Kier molecular flexibility index (Phi) is 3.50. The lowest BCUT2D eigenvalue weighted by atomic mass is 10.0. The number of hydrogen-bond donors (Lipinski definition) is 3. The second-order valence-corrected chi connectivity index (χ2v) is 4.93. The molecule has 5 nitrogen and oxygen atoms in total. The van der Waals surface area contributed by atoms with E-state index in [2.05, 4.69) is 5.32 Å². The molecule has 0 amide bonds. The van der Waals surface area contributed by atoms with E-state index >= 15 is 0 Å². The van der Waals surface area contributed by atoms with E-state index in [0.717, 1.165) is 5.56 Å². The van der Waals surface area contributed by atoms with Crippen LogP contribution in [0.2, 0.25) is 0 Å². The first-order chi connectivity index (χ1) is 10.1. The molecule has 0 fully saturated rings. The van der Waals surface area contributed by atoms with Crippen LogP contribution < -0.4 is 10.1 Å². The van der Waals surface area contributed by atoms with E-state index in [0.29, 0.717) is 17.9 Å². The number of fused-ring (bicyclic) bond motifs is 1. The van der Waals surface area contributed by atoms with E-state index in [4.69, 9.17) is 4.74 Å². The van der Waals surface area contributed by atoms with Gasteiger partial charge in [0.15, 0.2) is 0 Å². The van der Waals surface area contributed by atoms with Gasteiger partial charge in [0.2, 0.25) is 0 Å². The normalized spacial score (nSPS) is 17.8. The fourth-order valence-corrected chi connectivity index (χ4v) is 2.49. The van der Waals surface area contributed by atoms with Gasteiger partial charge >= 0.3 is 5.97 Å². The van der Waals surface area contributed by atoms with Gasteiger partial charge in [-0.1, -0.05) is 30.3 Å². The number of nitrogens with one attached hydrogen (secondary N) is 1. The van der Waals surface area contributed by atoms with Crippen molar-refractivity contribution < 1.29 is 19.7 Å². The third-order valence-electron chi connectivity index (χ3n) is 3.53. The first-order valence-corrected chi connectivity index (χ1v) is 6.64. The molecular weight excluding hydrogens is 270 g/mol. The number of phenolic OH excluding ortho intramolecular Hbond substituents is 1. The standard InChI is InChI=1S/C16H15NO4/c18-11-6-7-12-13(9-21-14(12)8-11)17-15(16(19)20)10-4-2-1-3-5-10/h1-8,13,15,17-18H,9H2,(H,19,20). The second-order valence-electron chi connectivity index (χ2n) is 4.93. The highest BCUT2D eigenvalue weighted by atomic mass is 16.5. The van der Waals surface area contributed by atoms with Crippen LogP contribution in [0.15, 0.2) is 48.5 Å². The number of aromatic hydroxyl groups is 1. The molecule has 3 N–H and O–H groups in total. The first kappa shape index (κ1) is 13.5. The number of benzene rings is 2. The van der Waals surface area contributed by atoms with Crippen LogP contribution >= 0.6 is 0 Å². The average molecular weight is 285 g/mol. The van der Waals surface area contributed by atoms with Crippen LogP contribution in [0.25, 0.3) is 0 Å². The molecule has 0 bridgehead atoms. The number of ether oxygens (including phenoxy) is 1. The Hall–Kier alpha value is -2.53. The van der Waals surface area contributed by atoms with Crippen molar-refractivity contribution in [3.05, 3.63) is 59.7 Å². The highest BCUT2D eigenvalue weighted by molar-refractivity contribution is 5.75. The number of carboxylic acid groups (broad SMARTS) is 1. The number of hydrogen-bond acceptors (Lipinski definition) is 4. The van der Waals surface area contributed by atoms with Gasteiger partial charge in [-0.2, -0.15) is 0 Å². The molecule has 0 saturated heterocycles. The molecule has 2 aromatic carbocycles. The maximum atomic E-state index is 11.5. The third kappa shape index (κ3) is 2.68. The van der Waals surface area contributed by atoms with Crippen LogP contribution in [0.3, 0.4) is 0 Å². The molecule has 21 heavy (non-hydrogen) atoms. The topological polar surface area (TPSA) is 78.8 Å². The number of rotatable bonds is 4. The van der Waals surface area contributed by atoms with Crippen LogP contribution in [-0.2, 0) is 4.79 Å². The summed E-state index contributed by atoms with van der Waals surface area (Å²) in [6, 6.07) is 12.8. The Morgan fingerprint density at radius 2 is 2.00 bits per heavy atom. The van der Waals surface area contributed by atoms with Gasteiger partial charge < -0.3 is 14.9 Å². The van der Waals surface area contributed by atoms with Gasteiger partial charge in [0.25, 0.3) is 0 Å². The van der Waals surface area contributed by atoms with Gasteiger partial charge in [-0.25, -0.2) is 0 Å². The van der Waals surface area contributed by atoms with Gasteiger partial charge in [-0.3, -0.25) is 10.1 Å². The predicted octanol–water partition coefficient (Wildman–Crippen LogP) is 2.24. The summed E-state index contributed by atoms with van der Waals surface area (Å²) in [5, 5.41) is 22.0. The van der Waals surface area contributed by atoms with Crippen molar-refractivity contribution >= 4 is 5.97 Å². The Labute approximate surface area is 121 Å². The highest BCUT2D eigenvalue weighted by Crippen LogP contribution is 2.36. The van der Waals surface area contributed by atoms with E-state index in [1.165, 1.54) is 6.07 Å². The van der Waals surface area contributed by atoms with Crippen molar-refractivity contribution in [2.75, 3.05) is 6.61 Å². The van der Waals surface area contributed by atoms with Gasteiger partial charge in [-0.15, -0.1) is 0 Å². The fourth-order valence-electron chi connectivity index (χ4n) is 2.49. The molecule has 0 radical (unpaired) electrons. The smallest absolute Gasteiger partial charge is 0.325 e. The zero-order valence-corrected chi connectivity index (χ0v) is 11.2. The van der Waals surface area contributed by atoms with E-state index in [9.17, 15) is 15.0 Å². The lowest BCUT2D eigenvalue weighted by molar-refractivity contribution is -0.139. The molecule has 2 atom stereocenters. The van der Waals surface area contributed by atoms with Gasteiger partial charge in [0.1, 0.15) is 24.1 Å². The molecule has 1 heterocycles. The van der Waals surface area contributed by atoms with Crippen molar-refractivity contribution in [3.8, 4) is 11.5 Å². The maximum Gasteiger partial charge on any atom is 0.325 e. The molecule has 2 aromatic rings. The van der Waals surface area contributed by atoms with Crippen molar-refractivity contribution in [1.29, 1.82) is 0 Å². The van der Waals surface area contributed by atoms with E-state index in [-0.39, 0.29) is 11.8 Å². The van der Waals surface area contributed by atoms with Gasteiger partial charge in [0.05, 0.1) is 6.04 Å². The summed E-state index contributed by atoms with van der Waals surface area (Å²) in [4.78, 5) is 11.5. The SMILES string of the molecule is O=C(O)C(NC1COc2cc(O)ccc21)c1ccccc1. The lowest BCUT2D eigenvalue weighted by Gasteiger charge is -2.19. The summed E-state index contributed by atoms with van der Waals surface area (Å²) in [5.41, 5.74) is 1.55. The first-order valence-electron chi connectivity index (χ1n) is 6.64. The van der Waals surface area contributed by atoms with Crippen LogP contribution in [0.1, 0.15) is 23.2 Å². The average Bonchev–Trinajstić information content (AvgIpc) is 2.87. The van der Waals surface area contributed by atoms with Crippen molar-refractivity contribution in [2.45, 2.75) is 12.1 Å². The zero-order valence-electron chi connectivity index (χ0n) is 11.2. The molecule has 5 heteroatoms. The Bertz CT molecular complexity index is 657. The van der Waals surface area contributed by atoms with E-state index < -0.39 is 12.0 Å². The number of aliphatic carboxylic acids is 1. The van der Waals surface area contributed by atoms with Crippen LogP contribution in [-0.4, -0.2) is 22.8 Å². The Morgan fingerprint density at radius 1 is 1.24 bits per heavy atom. The molecule has 1 aliphatic heterocycles. The summed E-state index contributed by atoms with van der Waals surface area (Å²) in [5.74, 6) is -0.217. The summed E-state index contributed by atoms with van der Waals surface area (Å²) in [6.07, 6.45) is 0. The molecule has 0 aliphatic carbocycles. The molecule has 108 valence electrons. The zero-order chi connectivity index (χ0) is 14.8. The Morgan fingerprint density at radius 3 is 2.71 bits per heavy atom. The van der Waals surface area contributed by atoms with Crippen molar-refractivity contribution in [3.63, 3.8) is 0 Å². The minimum atomic E-state index is -0.937. The van der Waals surface area contributed by atoms with E-state index in [1.807, 2.05) is 18.2 Å². The summed E-state index contributed by atoms with van der Waals surface area (Å²) in [7, 11) is 0. The molecule has 3 rings (SSSR count). The number of phenols is 1. The largest absolute Gasteiger partial charge is 0.508 e. The summed E-state index contributed by atoms with van der Waals surface area (Å²) >= 11 is 0. The molecule has 0 aromatic heterocycles. The fraction of sp³-hybridized carbons (Fsp3) is 0.188. The Balaban J connectivity index is 1.85. The van der Waals surface area contributed by atoms with E-state index in [1.54, 1.807) is 24.3 Å². The minimum Gasteiger partial charge on any atom is -0.508 e. The van der Waals surface area contributed by atoms with Crippen molar-refractivity contribution in [1.82, 2.24) is 5.32 Å². The minimum absolute atomic E-state index is 0.132. The predicted molar refractivity (Wildman–Crippen MR) is 76.3 cm³/mol. The third-order valence-corrected chi connectivity index (χ3v) is 3.53. The van der Waals surface area contributed by atoms with Crippen LogP contribution in [0.4, 0.5) is 0 Å². The molecule has 1 aliphatic rings. The lowest BCUT2D eigenvalue weighted by Crippen LogP contribution is -2.32. The van der Waals surface area contributed by atoms with Gasteiger partial charge in [0, 0.05) is 11.6 Å². The molecule has 0 spiro atoms. The monoisotopic (exact) mass is 285 g/mol.